The van der Waals surface area contributed by atoms with Crippen molar-refractivity contribution in [1.29, 1.82) is 0 Å². The number of carbonyl (C=O) groups excluding carboxylic acids is 1. The average molecular weight is 404 g/mol. The van der Waals surface area contributed by atoms with E-state index in [0.717, 1.165) is 22.6 Å². The van der Waals surface area contributed by atoms with Gasteiger partial charge in [0.2, 0.25) is 0 Å². The Morgan fingerprint density at radius 2 is 1.83 bits per heavy atom. The Kier molecular flexibility index (Phi) is 6.16. The number of benzene rings is 2. The monoisotopic (exact) mass is 404 g/mol. The van der Waals surface area contributed by atoms with Crippen molar-refractivity contribution in [3.05, 3.63) is 82.2 Å². The second-order valence-corrected chi connectivity index (χ2v) is 6.95. The molecule has 0 spiro atoms. The van der Waals surface area contributed by atoms with Gasteiger partial charge in [0.1, 0.15) is 0 Å². The van der Waals surface area contributed by atoms with Crippen LogP contribution in [0.25, 0.3) is 5.69 Å². The third-order valence-corrected chi connectivity index (χ3v) is 4.96. The fourth-order valence-corrected chi connectivity index (χ4v) is 3.44. The second-order valence-electron chi connectivity index (χ2n) is 6.95. The predicted octanol–water partition coefficient (Wildman–Crippen LogP) is 5.03. The largest absolute Gasteiger partial charge is 0.478 e. The third-order valence-electron chi connectivity index (χ3n) is 4.96. The summed E-state index contributed by atoms with van der Waals surface area (Å²) in [4.78, 5) is 27.9. The molecule has 6 heteroatoms. The fourth-order valence-electron chi connectivity index (χ4n) is 3.44. The average Bonchev–Trinajstić information content (AvgIpc) is 3.00. The first-order chi connectivity index (χ1) is 14.3. The van der Waals surface area contributed by atoms with Crippen LogP contribution < -0.4 is 0 Å². The zero-order valence-corrected chi connectivity index (χ0v) is 17.5. The van der Waals surface area contributed by atoms with Gasteiger partial charge < -0.3 is 14.4 Å². The van der Waals surface area contributed by atoms with Crippen LogP contribution in [0.3, 0.4) is 0 Å². The minimum Gasteiger partial charge on any atom is -0.478 e. The van der Waals surface area contributed by atoms with Gasteiger partial charge in [0.25, 0.3) is 0 Å². The van der Waals surface area contributed by atoms with Crippen LogP contribution in [-0.2, 0) is 4.74 Å². The molecule has 2 aromatic carbocycles. The number of carbonyl (C=O) groups is 2. The van der Waals surface area contributed by atoms with Crippen LogP contribution in [0.5, 0.6) is 0 Å². The van der Waals surface area contributed by atoms with Gasteiger partial charge in [0, 0.05) is 28.9 Å². The molecular weight excluding hydrogens is 380 g/mol. The van der Waals surface area contributed by atoms with Gasteiger partial charge in [-0.15, -0.1) is 0 Å². The second kappa shape index (κ2) is 8.78. The standard InChI is InChI=1S/C24H24N2O4/c1-5-30-24(29)18-8-6-9-20(13-18)26-15(2)12-19(17(26)4)14-25-22-11-7-10-21(16(22)3)23(27)28/h6-14H,5H2,1-4H3,(H,27,28). The van der Waals surface area contributed by atoms with E-state index in [1.54, 1.807) is 50.4 Å². The molecule has 0 bridgehead atoms. The number of aromatic carboxylic acids is 1. The highest BCUT2D eigenvalue weighted by atomic mass is 16.5. The maximum Gasteiger partial charge on any atom is 0.338 e. The molecule has 0 radical (unpaired) electrons. The van der Waals surface area contributed by atoms with Crippen LogP contribution in [0.15, 0.2) is 53.5 Å². The molecule has 154 valence electrons. The molecule has 0 saturated heterocycles. The van der Waals surface area contributed by atoms with Crippen molar-refractivity contribution < 1.29 is 19.4 Å². The van der Waals surface area contributed by atoms with E-state index in [1.807, 2.05) is 36.6 Å². The van der Waals surface area contributed by atoms with Crippen LogP contribution in [-0.4, -0.2) is 34.4 Å². The Bertz CT molecular complexity index is 1140. The van der Waals surface area contributed by atoms with Crippen LogP contribution in [0.4, 0.5) is 5.69 Å². The molecule has 3 rings (SSSR count). The zero-order chi connectivity index (χ0) is 21.8. The number of hydrogen-bond donors (Lipinski definition) is 1. The number of aliphatic imine (C=N–C) groups is 1. The summed E-state index contributed by atoms with van der Waals surface area (Å²) in [5, 5.41) is 9.29. The Morgan fingerprint density at radius 1 is 1.10 bits per heavy atom. The first kappa shape index (κ1) is 21.0. The molecule has 1 N–H and O–H groups in total. The molecule has 0 amide bonds. The summed E-state index contributed by atoms with van der Waals surface area (Å²) < 4.78 is 7.14. The SMILES string of the molecule is CCOC(=O)c1cccc(-n2c(C)cc(C=Nc3cccc(C(=O)O)c3C)c2C)c1. The van der Waals surface area contributed by atoms with E-state index < -0.39 is 5.97 Å². The van der Waals surface area contributed by atoms with Crippen LogP contribution in [0, 0.1) is 20.8 Å². The molecule has 0 atom stereocenters. The summed E-state index contributed by atoms with van der Waals surface area (Å²) in [7, 11) is 0. The summed E-state index contributed by atoms with van der Waals surface area (Å²) in [6.07, 6.45) is 1.74. The number of aryl methyl sites for hydroxylation is 1. The number of rotatable bonds is 6. The molecule has 30 heavy (non-hydrogen) atoms. The maximum atomic E-state index is 12.1. The number of nitrogens with zero attached hydrogens (tertiary/aromatic N) is 2. The minimum atomic E-state index is -0.968. The van der Waals surface area contributed by atoms with E-state index in [9.17, 15) is 14.7 Å². The summed E-state index contributed by atoms with van der Waals surface area (Å²) in [5.41, 5.74) is 5.70. The molecule has 0 aliphatic heterocycles. The van der Waals surface area contributed by atoms with Gasteiger partial charge in [-0.2, -0.15) is 0 Å². The van der Waals surface area contributed by atoms with Gasteiger partial charge in [0.15, 0.2) is 0 Å². The van der Waals surface area contributed by atoms with E-state index in [1.165, 1.54) is 0 Å². The van der Waals surface area contributed by atoms with Crippen molar-refractivity contribution in [2.24, 2.45) is 4.99 Å². The van der Waals surface area contributed by atoms with E-state index in [4.69, 9.17) is 4.74 Å². The van der Waals surface area contributed by atoms with Crippen molar-refractivity contribution in [3.63, 3.8) is 0 Å². The summed E-state index contributed by atoms with van der Waals surface area (Å²) in [5.74, 6) is -1.32. The molecule has 1 heterocycles. The topological polar surface area (TPSA) is 80.9 Å². The normalized spacial score (nSPS) is 11.1. The minimum absolute atomic E-state index is 0.242. The summed E-state index contributed by atoms with van der Waals surface area (Å²) in [6, 6.07) is 14.4. The summed E-state index contributed by atoms with van der Waals surface area (Å²) in [6.45, 7) is 7.82. The van der Waals surface area contributed by atoms with E-state index in [2.05, 4.69) is 4.99 Å². The third kappa shape index (κ3) is 4.17. The number of carboxylic acid groups (broad SMARTS) is 1. The van der Waals surface area contributed by atoms with E-state index in [0.29, 0.717) is 23.4 Å². The molecule has 0 aliphatic carbocycles. The molecule has 0 saturated carbocycles. The van der Waals surface area contributed by atoms with Gasteiger partial charge in [-0.25, -0.2) is 9.59 Å². The Morgan fingerprint density at radius 3 is 2.53 bits per heavy atom. The lowest BCUT2D eigenvalue weighted by molar-refractivity contribution is 0.0525. The maximum absolute atomic E-state index is 12.1. The van der Waals surface area contributed by atoms with Crippen LogP contribution >= 0.6 is 0 Å². The van der Waals surface area contributed by atoms with Crippen molar-refractivity contribution >= 4 is 23.8 Å². The van der Waals surface area contributed by atoms with Gasteiger partial charge >= 0.3 is 11.9 Å². The number of esters is 1. The number of carboxylic acids is 1. The molecule has 0 unspecified atom stereocenters. The highest BCUT2D eigenvalue weighted by Crippen LogP contribution is 2.24. The fraction of sp³-hybridized carbons (Fsp3) is 0.208. The molecule has 6 nitrogen and oxygen atoms in total. The van der Waals surface area contributed by atoms with Crippen LogP contribution in [0.1, 0.15) is 50.2 Å². The summed E-state index contributed by atoms with van der Waals surface area (Å²) >= 11 is 0. The first-order valence-electron chi connectivity index (χ1n) is 9.67. The lowest BCUT2D eigenvalue weighted by atomic mass is 10.1. The number of ether oxygens (including phenoxy) is 1. The van der Waals surface area contributed by atoms with Gasteiger partial charge in [-0.3, -0.25) is 4.99 Å². The Labute approximate surface area is 175 Å². The van der Waals surface area contributed by atoms with Crippen molar-refractivity contribution in [3.8, 4) is 5.69 Å². The van der Waals surface area contributed by atoms with Crippen molar-refractivity contribution in [1.82, 2.24) is 4.57 Å². The van der Waals surface area contributed by atoms with Gasteiger partial charge in [0.05, 0.1) is 23.4 Å². The van der Waals surface area contributed by atoms with Crippen molar-refractivity contribution in [2.45, 2.75) is 27.7 Å². The van der Waals surface area contributed by atoms with Crippen molar-refractivity contribution in [2.75, 3.05) is 6.61 Å². The molecule has 1 aromatic heterocycles. The smallest absolute Gasteiger partial charge is 0.338 e. The number of hydrogen-bond acceptors (Lipinski definition) is 4. The van der Waals surface area contributed by atoms with E-state index >= 15 is 0 Å². The van der Waals surface area contributed by atoms with E-state index in [-0.39, 0.29) is 11.5 Å². The van der Waals surface area contributed by atoms with Crippen LogP contribution in [0.2, 0.25) is 0 Å². The predicted molar refractivity (Wildman–Crippen MR) is 117 cm³/mol. The highest BCUT2D eigenvalue weighted by molar-refractivity contribution is 5.92. The molecule has 0 aliphatic rings. The molecule has 3 aromatic rings. The first-order valence-corrected chi connectivity index (χ1v) is 9.67. The number of aromatic nitrogens is 1. The molecular formula is C24H24N2O4. The lowest BCUT2D eigenvalue weighted by Crippen LogP contribution is -2.06. The Balaban J connectivity index is 1.97. The van der Waals surface area contributed by atoms with Gasteiger partial charge in [-0.1, -0.05) is 12.1 Å². The highest BCUT2D eigenvalue weighted by Gasteiger charge is 2.13. The molecule has 0 fully saturated rings. The van der Waals surface area contributed by atoms with Gasteiger partial charge in [-0.05, 0) is 69.7 Å². The Hall–Kier alpha value is -3.67. The zero-order valence-electron chi connectivity index (χ0n) is 17.5. The quantitative estimate of drug-likeness (QED) is 0.462. The lowest BCUT2D eigenvalue weighted by Gasteiger charge is -2.11.